The number of hydrogen-bond donors (Lipinski definition) is 1. The second-order valence-electron chi connectivity index (χ2n) is 6.02. The van der Waals surface area contributed by atoms with Crippen LogP contribution in [-0.4, -0.2) is 12.1 Å². The Balaban J connectivity index is 2.47. The molecule has 1 unspecified atom stereocenters. The Morgan fingerprint density at radius 1 is 1.30 bits per heavy atom. The predicted octanol–water partition coefficient (Wildman–Crippen LogP) is 4.14. The van der Waals surface area contributed by atoms with Crippen molar-refractivity contribution in [1.82, 2.24) is 4.98 Å². The number of methoxy groups -OCH3 is 1. The Hall–Kier alpha value is -1.39. The van der Waals surface area contributed by atoms with E-state index in [1.807, 2.05) is 19.1 Å². The standard InChI is InChI=1S/C16H22N2OS/c1-10(17)15-18-13(9-20-15)11-6-7-14(19-5)12(8-11)16(2,3)4/h6-10H,17H2,1-5H3. The maximum atomic E-state index is 5.88. The van der Waals surface area contributed by atoms with Crippen molar-refractivity contribution >= 4 is 11.3 Å². The fourth-order valence-electron chi connectivity index (χ4n) is 2.08. The van der Waals surface area contributed by atoms with Gasteiger partial charge in [0.15, 0.2) is 0 Å². The van der Waals surface area contributed by atoms with Crippen molar-refractivity contribution in [3.05, 3.63) is 34.2 Å². The number of thiazole rings is 1. The molecule has 4 heteroatoms. The summed E-state index contributed by atoms with van der Waals surface area (Å²) in [5.74, 6) is 0.920. The van der Waals surface area contributed by atoms with Gasteiger partial charge in [-0.15, -0.1) is 11.3 Å². The second kappa shape index (κ2) is 5.54. The molecule has 1 aromatic carbocycles. The third-order valence-electron chi connectivity index (χ3n) is 3.21. The number of benzene rings is 1. The molecule has 0 spiro atoms. The number of nitrogens with zero attached hydrogens (tertiary/aromatic N) is 1. The van der Waals surface area contributed by atoms with Crippen LogP contribution in [0.4, 0.5) is 0 Å². The van der Waals surface area contributed by atoms with Gasteiger partial charge >= 0.3 is 0 Å². The Kier molecular flexibility index (Phi) is 4.16. The van der Waals surface area contributed by atoms with Crippen LogP contribution in [0.15, 0.2) is 23.6 Å². The first-order valence-electron chi connectivity index (χ1n) is 6.73. The molecule has 2 rings (SSSR count). The van der Waals surface area contributed by atoms with Crippen LogP contribution in [0.2, 0.25) is 0 Å². The molecule has 0 aliphatic carbocycles. The average Bonchev–Trinajstić information content (AvgIpc) is 2.86. The first kappa shape index (κ1) is 15.0. The predicted molar refractivity (Wildman–Crippen MR) is 85.4 cm³/mol. The van der Waals surface area contributed by atoms with Gasteiger partial charge in [0.25, 0.3) is 0 Å². The van der Waals surface area contributed by atoms with Crippen molar-refractivity contribution in [2.45, 2.75) is 39.2 Å². The topological polar surface area (TPSA) is 48.1 Å². The zero-order valence-electron chi connectivity index (χ0n) is 12.7. The van der Waals surface area contributed by atoms with E-state index < -0.39 is 0 Å². The summed E-state index contributed by atoms with van der Waals surface area (Å²) in [6.07, 6.45) is 0. The van der Waals surface area contributed by atoms with Crippen LogP contribution in [0.5, 0.6) is 5.75 Å². The zero-order valence-corrected chi connectivity index (χ0v) is 13.5. The van der Waals surface area contributed by atoms with Crippen molar-refractivity contribution in [2.75, 3.05) is 7.11 Å². The van der Waals surface area contributed by atoms with Gasteiger partial charge in [-0.2, -0.15) is 0 Å². The molecule has 0 amide bonds. The highest BCUT2D eigenvalue weighted by Gasteiger charge is 2.20. The molecule has 3 nitrogen and oxygen atoms in total. The third-order valence-corrected chi connectivity index (χ3v) is 4.26. The molecule has 0 radical (unpaired) electrons. The molecular weight excluding hydrogens is 268 g/mol. The lowest BCUT2D eigenvalue weighted by Crippen LogP contribution is -2.13. The highest BCUT2D eigenvalue weighted by Crippen LogP contribution is 2.35. The van der Waals surface area contributed by atoms with Gasteiger partial charge in [0.1, 0.15) is 10.8 Å². The van der Waals surface area contributed by atoms with Crippen molar-refractivity contribution in [1.29, 1.82) is 0 Å². The Bertz CT molecular complexity index is 597. The lowest BCUT2D eigenvalue weighted by molar-refractivity contribution is 0.397. The molecule has 2 N–H and O–H groups in total. The summed E-state index contributed by atoms with van der Waals surface area (Å²) in [6, 6.07) is 6.21. The van der Waals surface area contributed by atoms with E-state index in [1.54, 1.807) is 18.4 Å². The summed E-state index contributed by atoms with van der Waals surface area (Å²) in [7, 11) is 1.71. The molecule has 2 aromatic rings. The number of nitrogens with two attached hydrogens (primary N) is 1. The van der Waals surface area contributed by atoms with Crippen molar-refractivity contribution < 1.29 is 4.74 Å². The summed E-state index contributed by atoms with van der Waals surface area (Å²) in [6.45, 7) is 8.51. The third kappa shape index (κ3) is 3.02. The van der Waals surface area contributed by atoms with Crippen LogP contribution in [-0.2, 0) is 5.41 Å². The molecule has 108 valence electrons. The van der Waals surface area contributed by atoms with Gasteiger partial charge in [-0.3, -0.25) is 0 Å². The first-order valence-corrected chi connectivity index (χ1v) is 7.61. The molecule has 20 heavy (non-hydrogen) atoms. The van der Waals surface area contributed by atoms with Crippen molar-refractivity contribution in [3.8, 4) is 17.0 Å². The van der Waals surface area contributed by atoms with E-state index in [-0.39, 0.29) is 11.5 Å². The normalized spacial score (nSPS) is 13.3. The van der Waals surface area contributed by atoms with Crippen LogP contribution in [0.3, 0.4) is 0 Å². The van der Waals surface area contributed by atoms with E-state index in [1.165, 1.54) is 5.56 Å². The van der Waals surface area contributed by atoms with Crippen LogP contribution in [0.25, 0.3) is 11.3 Å². The van der Waals surface area contributed by atoms with Gasteiger partial charge < -0.3 is 10.5 Å². The van der Waals surface area contributed by atoms with Gasteiger partial charge in [0.2, 0.25) is 0 Å². The second-order valence-corrected chi connectivity index (χ2v) is 6.91. The largest absolute Gasteiger partial charge is 0.496 e. The van der Waals surface area contributed by atoms with E-state index in [4.69, 9.17) is 10.5 Å². The van der Waals surface area contributed by atoms with Crippen LogP contribution in [0, 0.1) is 0 Å². The molecule has 1 aromatic heterocycles. The number of ether oxygens (including phenoxy) is 1. The molecular formula is C16H22N2OS. The van der Waals surface area contributed by atoms with Crippen molar-refractivity contribution in [3.63, 3.8) is 0 Å². The molecule has 0 saturated heterocycles. The zero-order chi connectivity index (χ0) is 14.9. The molecule has 1 atom stereocenters. The van der Waals surface area contributed by atoms with E-state index in [2.05, 4.69) is 37.2 Å². The molecule has 0 fully saturated rings. The first-order chi connectivity index (χ1) is 9.32. The maximum Gasteiger partial charge on any atom is 0.122 e. The Labute approximate surface area is 124 Å². The van der Waals surface area contributed by atoms with Crippen LogP contribution < -0.4 is 10.5 Å². The summed E-state index contributed by atoms with van der Waals surface area (Å²) in [4.78, 5) is 4.61. The fraction of sp³-hybridized carbons (Fsp3) is 0.438. The van der Waals surface area contributed by atoms with Gasteiger partial charge in [-0.1, -0.05) is 20.8 Å². The summed E-state index contributed by atoms with van der Waals surface area (Å²) >= 11 is 1.61. The van der Waals surface area contributed by atoms with E-state index >= 15 is 0 Å². The maximum absolute atomic E-state index is 5.88. The van der Waals surface area contributed by atoms with E-state index in [0.717, 1.165) is 22.0 Å². The lowest BCUT2D eigenvalue weighted by Gasteiger charge is -2.22. The summed E-state index contributed by atoms with van der Waals surface area (Å²) in [5, 5.41) is 3.03. The van der Waals surface area contributed by atoms with Crippen LogP contribution >= 0.6 is 11.3 Å². The smallest absolute Gasteiger partial charge is 0.122 e. The molecule has 0 aliphatic heterocycles. The minimum Gasteiger partial charge on any atom is -0.496 e. The van der Waals surface area contributed by atoms with E-state index in [0.29, 0.717) is 0 Å². The minimum atomic E-state index is -0.0194. The average molecular weight is 290 g/mol. The fourth-order valence-corrected chi connectivity index (χ4v) is 2.87. The number of hydrogen-bond acceptors (Lipinski definition) is 4. The number of aromatic nitrogens is 1. The summed E-state index contributed by atoms with van der Waals surface area (Å²) < 4.78 is 5.47. The van der Waals surface area contributed by atoms with Gasteiger partial charge in [-0.05, 0) is 30.5 Å². The van der Waals surface area contributed by atoms with Crippen molar-refractivity contribution in [2.24, 2.45) is 5.73 Å². The highest BCUT2D eigenvalue weighted by atomic mass is 32.1. The molecule has 0 aliphatic rings. The monoisotopic (exact) mass is 290 g/mol. The Morgan fingerprint density at radius 2 is 2.00 bits per heavy atom. The van der Waals surface area contributed by atoms with Crippen LogP contribution in [0.1, 0.15) is 44.3 Å². The van der Waals surface area contributed by atoms with E-state index in [9.17, 15) is 0 Å². The quantitative estimate of drug-likeness (QED) is 0.924. The van der Waals surface area contributed by atoms with Gasteiger partial charge in [0, 0.05) is 16.5 Å². The number of rotatable bonds is 3. The minimum absolute atomic E-state index is 0.0194. The van der Waals surface area contributed by atoms with Gasteiger partial charge in [-0.25, -0.2) is 4.98 Å². The SMILES string of the molecule is COc1ccc(-c2csc(C(C)N)n2)cc1C(C)(C)C. The molecule has 0 bridgehead atoms. The Morgan fingerprint density at radius 3 is 2.50 bits per heavy atom. The summed E-state index contributed by atoms with van der Waals surface area (Å²) in [5.41, 5.74) is 9.19. The molecule has 0 saturated carbocycles. The van der Waals surface area contributed by atoms with Gasteiger partial charge in [0.05, 0.1) is 18.8 Å². The lowest BCUT2D eigenvalue weighted by atomic mass is 9.85. The highest BCUT2D eigenvalue weighted by molar-refractivity contribution is 7.10. The molecule has 1 heterocycles.